The Hall–Kier alpha value is -4.47. The van der Waals surface area contributed by atoms with Crippen molar-refractivity contribution in [3.05, 3.63) is 56.5 Å². The Bertz CT molecular complexity index is 2140. The van der Waals surface area contributed by atoms with E-state index in [1.54, 1.807) is 26.0 Å². The molecule has 398 valence electrons. The maximum atomic E-state index is 12.6. The molecule has 0 spiro atoms. The first-order chi connectivity index (χ1) is 34.2. The number of thiazole rings is 2. The Labute approximate surface area is 448 Å². The number of aromatic nitrogens is 2. The lowest BCUT2D eigenvalue weighted by Crippen LogP contribution is -2.46. The van der Waals surface area contributed by atoms with Crippen LogP contribution in [-0.2, 0) is 56.1 Å². The highest BCUT2D eigenvalue weighted by molar-refractivity contribution is 8.15. The lowest BCUT2D eigenvalue weighted by molar-refractivity contribution is -0.149. The van der Waals surface area contributed by atoms with E-state index in [2.05, 4.69) is 78.7 Å². The van der Waals surface area contributed by atoms with Gasteiger partial charge in [0.15, 0.2) is 0 Å². The minimum atomic E-state index is -0.971. The van der Waals surface area contributed by atoms with E-state index in [-0.39, 0.29) is 74.3 Å². The van der Waals surface area contributed by atoms with Crippen molar-refractivity contribution in [3.8, 4) is 0 Å². The standard InChI is InChI=1S/2C18H22N4O4S3.C7H15NO2.C3H9N/c2*1-18-10-29-16(22-18)12-9-28-14(21-12)7-19-13(23)6-11(4-2-3-5-27)26-15(24)8-20-17(18)25;1-5-8-6(9)10-7(2,3)4;1-2-3-4/h2*2,4,9,11,27H,3,5-8,10H2,1H3,(H,19,23)(H,20,25);5H2,1-4H3,(H,8,9);2-4H2,1H3/b2*4-2+;;. The van der Waals surface area contributed by atoms with Crippen molar-refractivity contribution in [2.45, 2.75) is 123 Å². The number of esters is 2. The van der Waals surface area contributed by atoms with Gasteiger partial charge in [0.25, 0.3) is 0 Å². The number of rotatable bonds is 8. The average Bonchev–Trinajstić information content (AvgIpc) is 4.16. The predicted octanol–water partition coefficient (Wildman–Crippen LogP) is 4.52. The van der Waals surface area contributed by atoms with E-state index in [9.17, 15) is 33.6 Å². The molecular weight excluding hydrogens is 1040 g/mol. The molecule has 7 N–H and O–H groups in total. The highest BCUT2D eigenvalue weighted by Gasteiger charge is 2.40. The molecule has 0 fully saturated rings. The van der Waals surface area contributed by atoms with Gasteiger partial charge in [-0.15, -0.1) is 46.2 Å². The van der Waals surface area contributed by atoms with Gasteiger partial charge in [0.1, 0.15) is 73.5 Å². The number of alkyl carbamates (subject to hydrolysis) is 1. The summed E-state index contributed by atoms with van der Waals surface area (Å²) in [4.78, 5) is 103. The van der Waals surface area contributed by atoms with Gasteiger partial charge in [-0.05, 0) is 91.0 Å². The van der Waals surface area contributed by atoms with Crippen molar-refractivity contribution < 1.29 is 47.8 Å². The van der Waals surface area contributed by atoms with Crippen LogP contribution in [0.1, 0.15) is 102 Å². The molecule has 72 heavy (non-hydrogen) atoms. The highest BCUT2D eigenvalue weighted by atomic mass is 32.2. The zero-order valence-electron chi connectivity index (χ0n) is 41.7. The van der Waals surface area contributed by atoms with E-state index >= 15 is 0 Å². The number of thioether (sulfide) groups is 2. The maximum absolute atomic E-state index is 12.6. The van der Waals surface area contributed by atoms with Crippen LogP contribution in [0.4, 0.5) is 4.79 Å². The van der Waals surface area contributed by atoms with Gasteiger partial charge >= 0.3 is 18.0 Å². The van der Waals surface area contributed by atoms with E-state index in [4.69, 9.17) is 19.9 Å². The van der Waals surface area contributed by atoms with E-state index in [0.29, 0.717) is 63.9 Å². The Balaban J connectivity index is 0.000000302. The third-order valence-electron chi connectivity index (χ3n) is 9.50. The number of hydrogen-bond donors (Lipinski definition) is 8. The molecule has 6 heterocycles. The summed E-state index contributed by atoms with van der Waals surface area (Å²) < 4.78 is 15.7. The van der Waals surface area contributed by atoms with Crippen molar-refractivity contribution in [1.29, 1.82) is 0 Å². The Morgan fingerprint density at radius 3 is 1.54 bits per heavy atom. The van der Waals surface area contributed by atoms with E-state index in [0.717, 1.165) is 23.0 Å². The van der Waals surface area contributed by atoms with Gasteiger partial charge in [-0.3, -0.25) is 38.8 Å². The summed E-state index contributed by atoms with van der Waals surface area (Å²) in [5, 5.41) is 19.9. The fourth-order valence-corrected chi connectivity index (χ4v) is 9.99. The summed E-state index contributed by atoms with van der Waals surface area (Å²) in [7, 11) is 0. The summed E-state index contributed by atoms with van der Waals surface area (Å²) in [6.45, 7) is 14.3. The van der Waals surface area contributed by atoms with Gasteiger partial charge in [0.2, 0.25) is 23.6 Å². The lowest BCUT2D eigenvalue weighted by atomic mass is 10.1. The number of amides is 5. The number of carbonyl (C=O) groups is 7. The smallest absolute Gasteiger partial charge is 0.407 e. The number of hydrogen-bond acceptors (Lipinski definition) is 21. The molecule has 4 aliphatic rings. The van der Waals surface area contributed by atoms with Crippen LogP contribution >= 0.6 is 71.5 Å². The fraction of sp³-hybridized carbons (Fsp3) is 0.587. The molecule has 2 aromatic rings. The molecule has 4 aliphatic heterocycles. The number of nitrogens with two attached hydrogens (primary N) is 1. The van der Waals surface area contributed by atoms with Gasteiger partial charge < -0.3 is 46.5 Å². The van der Waals surface area contributed by atoms with Crippen LogP contribution in [0.25, 0.3) is 0 Å². The molecule has 0 radical (unpaired) electrons. The molecule has 26 heteroatoms. The summed E-state index contributed by atoms with van der Waals surface area (Å²) >= 11 is 14.0. The highest BCUT2D eigenvalue weighted by Crippen LogP contribution is 2.33. The molecule has 4 unspecified atom stereocenters. The number of nitrogens with one attached hydrogen (secondary N) is 5. The van der Waals surface area contributed by atoms with Crippen molar-refractivity contribution >= 4 is 123 Å². The van der Waals surface area contributed by atoms with E-state index in [1.165, 1.54) is 46.2 Å². The van der Waals surface area contributed by atoms with E-state index in [1.807, 2.05) is 50.6 Å². The van der Waals surface area contributed by atoms with Crippen LogP contribution < -0.4 is 32.3 Å². The van der Waals surface area contributed by atoms with Crippen LogP contribution in [-0.4, -0.2) is 140 Å². The molecule has 4 atom stereocenters. The van der Waals surface area contributed by atoms with Gasteiger partial charge in [-0.2, -0.15) is 25.3 Å². The normalized spacial score (nSPS) is 22.9. The van der Waals surface area contributed by atoms with Crippen molar-refractivity contribution in [1.82, 2.24) is 36.6 Å². The SMILES string of the molecule is CC12CSC(=N1)c1csc(n1)CNC(=O)CC(/C=C/CCS)OC(=O)CNC2=O.CC12CSC(=N1)c1csc(n1)CNC(=O)CC(/C=C/CCS)OC(=O)CNC2=O.CCCN.CCNC(=O)OC(C)(C)C. The number of allylic oxidation sites excluding steroid dienone is 2. The molecule has 20 nitrogen and oxygen atoms in total. The number of thiol groups is 2. The largest absolute Gasteiger partial charge is 0.456 e. The number of carbonyl (C=O) groups excluding carboxylic acids is 7. The van der Waals surface area contributed by atoms with Crippen LogP contribution in [0, 0.1) is 0 Å². The second-order valence-corrected chi connectivity index (χ2v) is 22.0. The van der Waals surface area contributed by atoms with Crippen molar-refractivity contribution in [3.63, 3.8) is 0 Å². The molecule has 0 saturated heterocycles. The number of aliphatic imine (C=N–C) groups is 2. The molecule has 2 aromatic heterocycles. The Morgan fingerprint density at radius 2 is 1.18 bits per heavy atom. The average molecular weight is 1110 g/mol. The summed E-state index contributed by atoms with van der Waals surface area (Å²) in [5.41, 5.74) is 4.08. The van der Waals surface area contributed by atoms with E-state index < -0.39 is 35.2 Å². The first-order valence-electron chi connectivity index (χ1n) is 23.2. The van der Waals surface area contributed by atoms with Crippen LogP contribution in [0.15, 0.2) is 45.0 Å². The Morgan fingerprint density at radius 1 is 0.764 bits per heavy atom. The minimum absolute atomic E-state index is 0.0126. The number of ether oxygens (including phenoxy) is 3. The molecule has 6 rings (SSSR count). The van der Waals surface area contributed by atoms with Gasteiger partial charge in [-0.1, -0.05) is 19.1 Å². The Kier molecular flexibility index (Phi) is 26.9. The van der Waals surface area contributed by atoms with Crippen LogP contribution in [0.5, 0.6) is 0 Å². The molecule has 8 bridgehead atoms. The monoisotopic (exact) mass is 1110 g/mol. The predicted molar refractivity (Wildman–Crippen MR) is 292 cm³/mol. The molecule has 0 aromatic carbocycles. The zero-order valence-corrected chi connectivity index (χ0v) is 46.8. The zero-order chi connectivity index (χ0) is 53.3. The second kappa shape index (κ2) is 31.3. The van der Waals surface area contributed by atoms with Crippen molar-refractivity contribution in [2.24, 2.45) is 15.7 Å². The fourth-order valence-electron chi connectivity index (χ4n) is 5.84. The maximum Gasteiger partial charge on any atom is 0.407 e. The summed E-state index contributed by atoms with van der Waals surface area (Å²) in [6.07, 6.45) is 7.63. The molecule has 5 amide bonds. The molecule has 0 saturated carbocycles. The summed E-state index contributed by atoms with van der Waals surface area (Å²) in [6, 6.07) is 0. The summed E-state index contributed by atoms with van der Waals surface area (Å²) in [5.74, 6) is -0.226. The number of cyclic esters (lactones) is 2. The van der Waals surface area contributed by atoms with Gasteiger partial charge in [0, 0.05) is 28.8 Å². The third-order valence-corrected chi connectivity index (χ3v) is 14.3. The second-order valence-electron chi connectivity index (χ2n) is 17.3. The topological polar surface area (TPSA) is 284 Å². The minimum Gasteiger partial charge on any atom is -0.456 e. The first kappa shape index (κ1) is 61.8. The first-order valence-corrected chi connectivity index (χ1v) is 28.2. The van der Waals surface area contributed by atoms with Crippen LogP contribution in [0.2, 0.25) is 0 Å². The quantitative estimate of drug-likeness (QED) is 0.0781. The lowest BCUT2D eigenvalue weighted by Gasteiger charge is -2.19. The van der Waals surface area contributed by atoms with Crippen LogP contribution in [0.3, 0.4) is 0 Å². The molecular formula is C46H68N10O10S6. The van der Waals surface area contributed by atoms with Crippen molar-refractivity contribution in [2.75, 3.05) is 49.2 Å². The number of nitrogens with zero attached hydrogens (tertiary/aromatic N) is 4. The third kappa shape index (κ3) is 22.3. The number of fused-ring (bicyclic) bond motifs is 8. The van der Waals surface area contributed by atoms with Gasteiger partial charge in [-0.25, -0.2) is 14.8 Å². The van der Waals surface area contributed by atoms with Gasteiger partial charge in [0.05, 0.1) is 25.9 Å². The molecule has 0 aliphatic carbocycles.